The fourth-order valence-electron chi connectivity index (χ4n) is 4.62. The van der Waals surface area contributed by atoms with Crippen LogP contribution < -0.4 is 10.1 Å². The van der Waals surface area contributed by atoms with Crippen molar-refractivity contribution >= 4 is 11.7 Å². The van der Waals surface area contributed by atoms with Gasteiger partial charge in [0.15, 0.2) is 0 Å². The topological polar surface area (TPSA) is 62.6 Å². The minimum atomic E-state index is 0.0450. The second kappa shape index (κ2) is 9.62. The maximum absolute atomic E-state index is 12.6. The monoisotopic (exact) mass is 411 g/mol. The zero-order chi connectivity index (χ0) is 20.9. The van der Waals surface area contributed by atoms with Gasteiger partial charge in [-0.25, -0.2) is 4.68 Å². The lowest BCUT2D eigenvalue weighted by atomic mass is 10.1. The van der Waals surface area contributed by atoms with E-state index in [9.17, 15) is 4.79 Å². The van der Waals surface area contributed by atoms with Crippen molar-refractivity contribution < 1.29 is 9.53 Å². The van der Waals surface area contributed by atoms with Crippen LogP contribution in [-0.4, -0.2) is 65.3 Å². The summed E-state index contributed by atoms with van der Waals surface area (Å²) < 4.78 is 7.51. The third kappa shape index (κ3) is 5.02. The van der Waals surface area contributed by atoms with Crippen LogP contribution in [0.4, 0.5) is 5.82 Å². The molecule has 2 fully saturated rings. The van der Waals surface area contributed by atoms with E-state index >= 15 is 0 Å². The van der Waals surface area contributed by atoms with E-state index in [0.29, 0.717) is 12.6 Å². The highest BCUT2D eigenvalue weighted by Gasteiger charge is 2.23. The molecule has 1 aromatic heterocycles. The van der Waals surface area contributed by atoms with E-state index in [4.69, 9.17) is 4.74 Å². The molecule has 0 unspecified atom stereocenters. The van der Waals surface area contributed by atoms with Gasteiger partial charge >= 0.3 is 0 Å². The maximum Gasteiger partial charge on any atom is 0.239 e. The van der Waals surface area contributed by atoms with Crippen LogP contribution in [0.5, 0.6) is 5.75 Å². The molecule has 1 amide bonds. The number of rotatable bonds is 7. The SMILES string of the molecule is COc1ccc(C)cc1CN1CCN(CC(=O)Nc2ccnn2C2CCCC2)CC1. The number of hydrogen-bond acceptors (Lipinski definition) is 5. The lowest BCUT2D eigenvalue weighted by molar-refractivity contribution is -0.117. The Morgan fingerprint density at radius 1 is 1.13 bits per heavy atom. The minimum absolute atomic E-state index is 0.0450. The van der Waals surface area contributed by atoms with E-state index in [0.717, 1.165) is 57.1 Å². The van der Waals surface area contributed by atoms with Crippen molar-refractivity contribution in [1.82, 2.24) is 19.6 Å². The number of nitrogens with one attached hydrogen (secondary N) is 1. The zero-order valence-corrected chi connectivity index (χ0v) is 18.1. The number of carbonyl (C=O) groups excluding carboxylic acids is 1. The predicted octanol–water partition coefficient (Wildman–Crippen LogP) is 3.07. The zero-order valence-electron chi connectivity index (χ0n) is 18.1. The Bertz CT molecular complexity index is 851. The summed E-state index contributed by atoms with van der Waals surface area (Å²) in [6.07, 6.45) is 6.58. The van der Waals surface area contributed by atoms with Crippen LogP contribution in [0.2, 0.25) is 0 Å². The molecule has 30 heavy (non-hydrogen) atoms. The van der Waals surface area contributed by atoms with Gasteiger partial charge in [0.2, 0.25) is 5.91 Å². The molecule has 7 nitrogen and oxygen atoms in total. The Labute approximate surface area is 179 Å². The van der Waals surface area contributed by atoms with Crippen LogP contribution >= 0.6 is 0 Å². The van der Waals surface area contributed by atoms with Gasteiger partial charge in [-0.1, -0.05) is 30.5 Å². The van der Waals surface area contributed by atoms with Gasteiger partial charge in [0.05, 0.1) is 25.9 Å². The third-order valence-electron chi connectivity index (χ3n) is 6.27. The Morgan fingerprint density at radius 2 is 1.87 bits per heavy atom. The molecule has 0 radical (unpaired) electrons. The summed E-state index contributed by atoms with van der Waals surface area (Å²) in [7, 11) is 1.73. The van der Waals surface area contributed by atoms with Crippen LogP contribution in [0.25, 0.3) is 0 Å². The maximum atomic E-state index is 12.6. The average molecular weight is 412 g/mol. The standard InChI is InChI=1S/C23H33N5O2/c1-18-7-8-21(30-2)19(15-18)16-26-11-13-27(14-12-26)17-23(29)25-22-9-10-24-28(22)20-5-3-4-6-20/h7-10,15,20H,3-6,11-14,16-17H2,1-2H3,(H,25,29). The predicted molar refractivity (Wildman–Crippen MR) is 118 cm³/mol. The van der Waals surface area contributed by atoms with Gasteiger partial charge < -0.3 is 10.1 Å². The van der Waals surface area contributed by atoms with Gasteiger partial charge in [-0.3, -0.25) is 14.6 Å². The molecule has 1 saturated carbocycles. The van der Waals surface area contributed by atoms with Crippen LogP contribution in [0.3, 0.4) is 0 Å². The Hall–Kier alpha value is -2.38. The molecule has 1 aromatic carbocycles. The number of methoxy groups -OCH3 is 1. The molecule has 1 aliphatic carbocycles. The first-order valence-corrected chi connectivity index (χ1v) is 11.0. The smallest absolute Gasteiger partial charge is 0.239 e. The highest BCUT2D eigenvalue weighted by Crippen LogP contribution is 2.31. The first-order valence-electron chi connectivity index (χ1n) is 11.0. The summed E-state index contributed by atoms with van der Waals surface area (Å²) in [6, 6.07) is 8.66. The molecule has 0 bridgehead atoms. The first-order chi connectivity index (χ1) is 14.6. The fraction of sp³-hybridized carbons (Fsp3) is 0.565. The molecular formula is C23H33N5O2. The van der Waals surface area contributed by atoms with Crippen molar-refractivity contribution in [2.24, 2.45) is 0 Å². The molecule has 0 atom stereocenters. The number of aromatic nitrogens is 2. The lowest BCUT2D eigenvalue weighted by Gasteiger charge is -2.34. The highest BCUT2D eigenvalue weighted by atomic mass is 16.5. The fourth-order valence-corrected chi connectivity index (χ4v) is 4.62. The summed E-state index contributed by atoms with van der Waals surface area (Å²) in [5, 5.41) is 7.52. The van der Waals surface area contributed by atoms with Crippen LogP contribution in [0.1, 0.15) is 42.9 Å². The van der Waals surface area contributed by atoms with E-state index in [1.165, 1.54) is 24.0 Å². The number of piperazine rings is 1. The van der Waals surface area contributed by atoms with E-state index in [2.05, 4.69) is 39.3 Å². The molecule has 0 spiro atoms. The number of carbonyl (C=O) groups is 1. The Kier molecular flexibility index (Phi) is 6.69. The molecule has 162 valence electrons. The van der Waals surface area contributed by atoms with E-state index in [-0.39, 0.29) is 5.91 Å². The number of nitrogens with zero attached hydrogens (tertiary/aromatic N) is 4. The largest absolute Gasteiger partial charge is 0.496 e. The second-order valence-corrected chi connectivity index (χ2v) is 8.52. The van der Waals surface area contributed by atoms with Crippen molar-refractivity contribution in [3.05, 3.63) is 41.6 Å². The molecule has 1 aliphatic heterocycles. The summed E-state index contributed by atoms with van der Waals surface area (Å²) >= 11 is 0. The number of ether oxygens (including phenoxy) is 1. The molecule has 2 aliphatic rings. The summed E-state index contributed by atoms with van der Waals surface area (Å²) in [6.45, 7) is 7.10. The molecule has 2 aromatic rings. The number of amides is 1. The van der Waals surface area contributed by atoms with E-state index in [1.54, 1.807) is 13.3 Å². The van der Waals surface area contributed by atoms with E-state index < -0.39 is 0 Å². The Morgan fingerprint density at radius 3 is 2.60 bits per heavy atom. The molecule has 1 saturated heterocycles. The third-order valence-corrected chi connectivity index (χ3v) is 6.27. The first kappa shape index (κ1) is 20.9. The molecule has 2 heterocycles. The van der Waals surface area contributed by atoms with Gasteiger partial charge in [-0.15, -0.1) is 0 Å². The number of aryl methyl sites for hydroxylation is 1. The van der Waals surface area contributed by atoms with Crippen LogP contribution in [-0.2, 0) is 11.3 Å². The van der Waals surface area contributed by atoms with Crippen molar-refractivity contribution in [2.45, 2.75) is 45.2 Å². The number of hydrogen-bond donors (Lipinski definition) is 1. The Balaban J connectivity index is 1.26. The van der Waals surface area contributed by atoms with E-state index in [1.807, 2.05) is 16.8 Å². The summed E-state index contributed by atoms with van der Waals surface area (Å²) in [5.41, 5.74) is 2.47. The van der Waals surface area contributed by atoms with Gasteiger partial charge in [-0.2, -0.15) is 5.10 Å². The van der Waals surface area contributed by atoms with Crippen LogP contribution in [0.15, 0.2) is 30.5 Å². The number of anilines is 1. The minimum Gasteiger partial charge on any atom is -0.496 e. The van der Waals surface area contributed by atoms with Crippen molar-refractivity contribution in [2.75, 3.05) is 45.2 Å². The lowest BCUT2D eigenvalue weighted by Crippen LogP contribution is -2.48. The quantitative estimate of drug-likeness (QED) is 0.759. The number of benzene rings is 1. The van der Waals surface area contributed by atoms with Crippen molar-refractivity contribution in [3.8, 4) is 5.75 Å². The van der Waals surface area contributed by atoms with Crippen molar-refractivity contribution in [3.63, 3.8) is 0 Å². The normalized spacial score (nSPS) is 18.6. The van der Waals surface area contributed by atoms with Gasteiger partial charge in [0, 0.05) is 44.4 Å². The van der Waals surface area contributed by atoms with Crippen LogP contribution in [0, 0.1) is 6.92 Å². The summed E-state index contributed by atoms with van der Waals surface area (Å²) in [4.78, 5) is 17.3. The van der Waals surface area contributed by atoms with Gasteiger partial charge in [0.1, 0.15) is 11.6 Å². The summed E-state index contributed by atoms with van der Waals surface area (Å²) in [5.74, 6) is 1.82. The second-order valence-electron chi connectivity index (χ2n) is 8.52. The molecule has 1 N–H and O–H groups in total. The van der Waals surface area contributed by atoms with Gasteiger partial charge in [0.25, 0.3) is 0 Å². The van der Waals surface area contributed by atoms with Gasteiger partial charge in [-0.05, 0) is 25.8 Å². The van der Waals surface area contributed by atoms with Crippen molar-refractivity contribution in [1.29, 1.82) is 0 Å². The highest BCUT2D eigenvalue weighted by molar-refractivity contribution is 5.91. The molecular weight excluding hydrogens is 378 g/mol. The average Bonchev–Trinajstić information content (AvgIpc) is 3.41. The molecule has 4 rings (SSSR count). The molecule has 7 heteroatoms.